The van der Waals surface area contributed by atoms with E-state index in [9.17, 15) is 4.79 Å². The second-order valence-electron chi connectivity index (χ2n) is 4.29. The Bertz CT molecular complexity index is 405. The zero-order chi connectivity index (χ0) is 12.8. The number of rotatable bonds is 5. The molecule has 1 fully saturated rings. The van der Waals surface area contributed by atoms with Crippen LogP contribution in [0.5, 0.6) is 0 Å². The molecule has 2 rings (SSSR count). The Labute approximate surface area is 106 Å². The normalized spacial score (nSPS) is 18.6. The third kappa shape index (κ3) is 3.40. The van der Waals surface area contributed by atoms with Gasteiger partial charge in [-0.25, -0.2) is 9.78 Å². The van der Waals surface area contributed by atoms with E-state index in [0.29, 0.717) is 11.9 Å². The van der Waals surface area contributed by atoms with Gasteiger partial charge in [0, 0.05) is 12.6 Å². The molecular formula is C12H18N4O2. The largest absolute Gasteiger partial charge is 0.464 e. The van der Waals surface area contributed by atoms with Crippen LogP contribution in [-0.4, -0.2) is 42.2 Å². The van der Waals surface area contributed by atoms with E-state index in [1.165, 1.54) is 26.1 Å². The van der Waals surface area contributed by atoms with Crippen LogP contribution in [0, 0.1) is 0 Å². The van der Waals surface area contributed by atoms with E-state index in [4.69, 9.17) is 0 Å². The molecule has 1 aliphatic heterocycles. The fourth-order valence-electron chi connectivity index (χ4n) is 2.03. The van der Waals surface area contributed by atoms with E-state index in [0.717, 1.165) is 19.5 Å². The predicted octanol–water partition coefficient (Wildman–Crippen LogP) is 0.817. The van der Waals surface area contributed by atoms with Crippen molar-refractivity contribution < 1.29 is 9.53 Å². The molecule has 0 aliphatic carbocycles. The summed E-state index contributed by atoms with van der Waals surface area (Å²) in [6.07, 6.45) is 6.53. The summed E-state index contributed by atoms with van der Waals surface area (Å²) in [6.45, 7) is 1.93. The highest BCUT2D eigenvalue weighted by molar-refractivity contribution is 5.87. The Kier molecular flexibility index (Phi) is 4.46. The summed E-state index contributed by atoms with van der Waals surface area (Å²) < 4.78 is 4.60. The average molecular weight is 250 g/mol. The van der Waals surface area contributed by atoms with Gasteiger partial charge in [-0.05, 0) is 25.8 Å². The SMILES string of the molecule is COC(=O)c1cncc(NCC[C@@H]2CCCN2)n1. The minimum Gasteiger partial charge on any atom is -0.464 e. The minimum atomic E-state index is -0.469. The third-order valence-corrected chi connectivity index (χ3v) is 2.99. The van der Waals surface area contributed by atoms with Crippen LogP contribution in [0.15, 0.2) is 12.4 Å². The van der Waals surface area contributed by atoms with E-state index < -0.39 is 5.97 Å². The molecule has 6 nitrogen and oxygen atoms in total. The molecule has 0 unspecified atom stereocenters. The van der Waals surface area contributed by atoms with E-state index in [-0.39, 0.29) is 5.69 Å². The van der Waals surface area contributed by atoms with Crippen molar-refractivity contribution in [2.24, 2.45) is 0 Å². The number of methoxy groups -OCH3 is 1. The number of anilines is 1. The molecule has 1 aromatic rings. The average Bonchev–Trinajstić information content (AvgIpc) is 2.91. The monoisotopic (exact) mass is 250 g/mol. The van der Waals surface area contributed by atoms with Gasteiger partial charge in [0.15, 0.2) is 5.69 Å². The standard InChI is InChI=1S/C12H18N4O2/c1-18-12(17)10-7-13-8-11(16-10)15-6-4-9-3-2-5-14-9/h7-9,14H,2-6H2,1H3,(H,15,16)/t9-/m0/s1. The number of ether oxygens (including phenoxy) is 1. The van der Waals surface area contributed by atoms with Crippen molar-refractivity contribution in [3.8, 4) is 0 Å². The molecule has 0 saturated carbocycles. The molecule has 98 valence electrons. The molecule has 1 aliphatic rings. The van der Waals surface area contributed by atoms with Gasteiger partial charge in [0.2, 0.25) is 0 Å². The summed E-state index contributed by atoms with van der Waals surface area (Å²) in [6, 6.07) is 0.592. The van der Waals surface area contributed by atoms with Gasteiger partial charge >= 0.3 is 5.97 Å². The fourth-order valence-corrected chi connectivity index (χ4v) is 2.03. The van der Waals surface area contributed by atoms with Crippen LogP contribution in [0.4, 0.5) is 5.82 Å². The number of nitrogens with one attached hydrogen (secondary N) is 2. The zero-order valence-electron chi connectivity index (χ0n) is 10.5. The van der Waals surface area contributed by atoms with Gasteiger partial charge in [0.25, 0.3) is 0 Å². The Balaban J connectivity index is 1.83. The number of aromatic nitrogens is 2. The van der Waals surface area contributed by atoms with Crippen molar-refractivity contribution in [3.63, 3.8) is 0 Å². The van der Waals surface area contributed by atoms with E-state index in [1.54, 1.807) is 6.20 Å². The van der Waals surface area contributed by atoms with Crippen LogP contribution in [0.3, 0.4) is 0 Å². The lowest BCUT2D eigenvalue weighted by atomic mass is 10.1. The van der Waals surface area contributed by atoms with Crippen molar-refractivity contribution in [1.82, 2.24) is 15.3 Å². The van der Waals surface area contributed by atoms with E-state index in [2.05, 4.69) is 25.3 Å². The smallest absolute Gasteiger partial charge is 0.358 e. The number of esters is 1. The molecule has 2 N–H and O–H groups in total. The summed E-state index contributed by atoms with van der Waals surface area (Å²) in [5.41, 5.74) is 0.224. The third-order valence-electron chi connectivity index (χ3n) is 2.99. The van der Waals surface area contributed by atoms with Crippen LogP contribution < -0.4 is 10.6 Å². The topological polar surface area (TPSA) is 76.1 Å². The molecule has 1 atom stereocenters. The maximum absolute atomic E-state index is 11.3. The molecule has 18 heavy (non-hydrogen) atoms. The number of hydrogen-bond acceptors (Lipinski definition) is 6. The zero-order valence-corrected chi connectivity index (χ0v) is 10.5. The van der Waals surface area contributed by atoms with Crippen LogP contribution in [-0.2, 0) is 4.74 Å². The molecule has 1 aromatic heterocycles. The summed E-state index contributed by atoms with van der Waals surface area (Å²) in [5, 5.41) is 6.60. The van der Waals surface area contributed by atoms with Crippen LogP contribution in [0.25, 0.3) is 0 Å². The number of nitrogens with zero attached hydrogens (tertiary/aromatic N) is 2. The van der Waals surface area contributed by atoms with Gasteiger partial charge < -0.3 is 15.4 Å². The first-order valence-corrected chi connectivity index (χ1v) is 6.17. The molecule has 0 aromatic carbocycles. The van der Waals surface area contributed by atoms with Crippen LogP contribution in [0.1, 0.15) is 29.8 Å². The first-order chi connectivity index (χ1) is 8.79. The highest BCUT2D eigenvalue weighted by Crippen LogP contribution is 2.09. The van der Waals surface area contributed by atoms with E-state index >= 15 is 0 Å². The lowest BCUT2D eigenvalue weighted by Crippen LogP contribution is -2.24. The van der Waals surface area contributed by atoms with Gasteiger partial charge in [0.05, 0.1) is 19.5 Å². The molecule has 6 heteroatoms. The maximum atomic E-state index is 11.3. The molecular weight excluding hydrogens is 232 g/mol. The Morgan fingerprint density at radius 1 is 1.61 bits per heavy atom. The van der Waals surface area contributed by atoms with Crippen molar-refractivity contribution >= 4 is 11.8 Å². The van der Waals surface area contributed by atoms with Gasteiger partial charge in [-0.1, -0.05) is 0 Å². The van der Waals surface area contributed by atoms with Gasteiger partial charge in [0.1, 0.15) is 5.82 Å². The molecule has 1 saturated heterocycles. The molecule has 0 spiro atoms. The molecule has 0 bridgehead atoms. The second kappa shape index (κ2) is 6.30. The predicted molar refractivity (Wildman–Crippen MR) is 67.5 cm³/mol. The molecule has 0 radical (unpaired) electrons. The lowest BCUT2D eigenvalue weighted by molar-refractivity contribution is 0.0593. The number of carbonyl (C=O) groups is 1. The Morgan fingerprint density at radius 2 is 2.50 bits per heavy atom. The van der Waals surface area contributed by atoms with Crippen molar-refractivity contribution in [3.05, 3.63) is 18.1 Å². The van der Waals surface area contributed by atoms with Gasteiger partial charge in [-0.2, -0.15) is 0 Å². The number of hydrogen-bond donors (Lipinski definition) is 2. The summed E-state index contributed by atoms with van der Waals surface area (Å²) in [5.74, 6) is 0.138. The summed E-state index contributed by atoms with van der Waals surface area (Å²) in [4.78, 5) is 19.4. The summed E-state index contributed by atoms with van der Waals surface area (Å²) >= 11 is 0. The van der Waals surface area contributed by atoms with E-state index in [1.807, 2.05) is 0 Å². The quantitative estimate of drug-likeness (QED) is 0.753. The van der Waals surface area contributed by atoms with Gasteiger partial charge in [-0.3, -0.25) is 4.98 Å². The Morgan fingerprint density at radius 3 is 3.22 bits per heavy atom. The van der Waals surface area contributed by atoms with Gasteiger partial charge in [-0.15, -0.1) is 0 Å². The minimum absolute atomic E-state index is 0.224. The van der Waals surface area contributed by atoms with Crippen LogP contribution >= 0.6 is 0 Å². The fraction of sp³-hybridized carbons (Fsp3) is 0.583. The molecule has 0 amide bonds. The lowest BCUT2D eigenvalue weighted by Gasteiger charge is -2.11. The summed E-state index contributed by atoms with van der Waals surface area (Å²) in [7, 11) is 1.33. The second-order valence-corrected chi connectivity index (χ2v) is 4.29. The number of carbonyl (C=O) groups excluding carboxylic acids is 1. The van der Waals surface area contributed by atoms with Crippen molar-refractivity contribution in [2.45, 2.75) is 25.3 Å². The van der Waals surface area contributed by atoms with Crippen molar-refractivity contribution in [1.29, 1.82) is 0 Å². The van der Waals surface area contributed by atoms with Crippen LogP contribution in [0.2, 0.25) is 0 Å². The van der Waals surface area contributed by atoms with Crippen molar-refractivity contribution in [2.75, 3.05) is 25.5 Å². The first-order valence-electron chi connectivity index (χ1n) is 6.17. The molecule has 2 heterocycles. The first kappa shape index (κ1) is 12.8. The highest BCUT2D eigenvalue weighted by atomic mass is 16.5. The maximum Gasteiger partial charge on any atom is 0.358 e. The Hall–Kier alpha value is -1.69. The highest BCUT2D eigenvalue weighted by Gasteiger charge is 2.13.